The molecule has 0 saturated carbocycles. The zero-order valence-electron chi connectivity index (χ0n) is 16.8. The molecular formula is C20H26N6O4. The smallest absolute Gasteiger partial charge is 0.274 e. The van der Waals surface area contributed by atoms with E-state index in [1.807, 2.05) is 0 Å². The van der Waals surface area contributed by atoms with E-state index in [9.17, 15) is 14.7 Å². The maximum Gasteiger partial charge on any atom is 0.274 e. The zero-order chi connectivity index (χ0) is 21.0. The van der Waals surface area contributed by atoms with Crippen LogP contribution in [0.2, 0.25) is 0 Å². The minimum atomic E-state index is -1.42. The van der Waals surface area contributed by atoms with Crippen LogP contribution in [0.4, 0.5) is 0 Å². The predicted molar refractivity (Wildman–Crippen MR) is 106 cm³/mol. The molecule has 1 aliphatic carbocycles. The Bertz CT molecular complexity index is 902. The van der Waals surface area contributed by atoms with Crippen molar-refractivity contribution >= 4 is 11.8 Å². The van der Waals surface area contributed by atoms with Gasteiger partial charge in [-0.05, 0) is 25.7 Å². The monoisotopic (exact) mass is 414 g/mol. The number of amides is 2. The van der Waals surface area contributed by atoms with Crippen molar-refractivity contribution in [1.29, 1.82) is 0 Å². The maximum absolute atomic E-state index is 13.2. The second kappa shape index (κ2) is 8.88. The van der Waals surface area contributed by atoms with Gasteiger partial charge in [0.1, 0.15) is 11.3 Å². The standard InChI is InChI=1S/C20H26N6O4/c27-18(16-10-21-6-7-22-16)23-11-20(29)12-26(8-9-30-13-20)19(28)17-14-4-2-1-3-5-15(14)24-25-17/h6-7,10,29H,1-5,8-9,11-13H2,(H,23,27)(H,24,25). The number of nitrogens with one attached hydrogen (secondary N) is 2. The first-order valence-corrected chi connectivity index (χ1v) is 10.3. The molecule has 1 saturated heterocycles. The summed E-state index contributed by atoms with van der Waals surface area (Å²) in [7, 11) is 0. The van der Waals surface area contributed by atoms with Crippen LogP contribution in [0.25, 0.3) is 0 Å². The van der Waals surface area contributed by atoms with Crippen molar-refractivity contribution in [2.24, 2.45) is 0 Å². The highest BCUT2D eigenvalue weighted by Crippen LogP contribution is 2.23. The number of carbonyl (C=O) groups is 2. The highest BCUT2D eigenvalue weighted by molar-refractivity contribution is 5.94. The van der Waals surface area contributed by atoms with Crippen LogP contribution in [0.5, 0.6) is 0 Å². The third-order valence-electron chi connectivity index (χ3n) is 5.53. The Morgan fingerprint density at radius 1 is 1.27 bits per heavy atom. The van der Waals surface area contributed by atoms with E-state index in [4.69, 9.17) is 4.74 Å². The molecule has 4 rings (SSSR count). The Morgan fingerprint density at radius 3 is 2.97 bits per heavy atom. The van der Waals surface area contributed by atoms with Crippen LogP contribution >= 0.6 is 0 Å². The number of carbonyl (C=O) groups excluding carboxylic acids is 2. The Kier molecular flexibility index (Phi) is 6.05. The van der Waals surface area contributed by atoms with Crippen LogP contribution in [0.15, 0.2) is 18.6 Å². The molecule has 0 radical (unpaired) electrons. The maximum atomic E-state index is 13.2. The second-order valence-corrected chi connectivity index (χ2v) is 7.87. The Morgan fingerprint density at radius 2 is 2.13 bits per heavy atom. The van der Waals surface area contributed by atoms with E-state index in [1.165, 1.54) is 18.6 Å². The number of aliphatic hydroxyl groups is 1. The largest absolute Gasteiger partial charge is 0.384 e. The molecule has 2 aromatic heterocycles. The number of β-amino-alcohol motifs (C(OH)–C–C–N with tert-alkyl or cyclic N) is 1. The third kappa shape index (κ3) is 4.49. The second-order valence-electron chi connectivity index (χ2n) is 7.87. The summed E-state index contributed by atoms with van der Waals surface area (Å²) in [5.41, 5.74) is 1.19. The first-order chi connectivity index (χ1) is 14.6. The molecule has 1 atom stereocenters. The highest BCUT2D eigenvalue weighted by atomic mass is 16.5. The molecule has 3 N–H and O–H groups in total. The fraction of sp³-hybridized carbons (Fsp3) is 0.550. The average Bonchev–Trinajstić information content (AvgIpc) is 2.92. The molecule has 30 heavy (non-hydrogen) atoms. The molecule has 1 aliphatic heterocycles. The number of rotatable bonds is 4. The van der Waals surface area contributed by atoms with Gasteiger partial charge in [-0.2, -0.15) is 5.10 Å². The number of aryl methyl sites for hydroxylation is 1. The topological polar surface area (TPSA) is 133 Å². The van der Waals surface area contributed by atoms with E-state index in [1.54, 1.807) is 4.90 Å². The molecule has 0 bridgehead atoms. The number of nitrogens with zero attached hydrogens (tertiary/aromatic N) is 4. The minimum Gasteiger partial charge on any atom is -0.384 e. The van der Waals surface area contributed by atoms with Gasteiger partial charge >= 0.3 is 0 Å². The summed E-state index contributed by atoms with van der Waals surface area (Å²) in [5, 5.41) is 21.0. The molecule has 0 aromatic carbocycles. The van der Waals surface area contributed by atoms with Crippen molar-refractivity contribution in [2.75, 3.05) is 32.8 Å². The van der Waals surface area contributed by atoms with Crippen molar-refractivity contribution < 1.29 is 19.4 Å². The Hall–Kier alpha value is -2.85. The molecule has 2 aliphatic rings. The van der Waals surface area contributed by atoms with E-state index < -0.39 is 11.5 Å². The van der Waals surface area contributed by atoms with Crippen LogP contribution in [-0.2, 0) is 17.6 Å². The van der Waals surface area contributed by atoms with E-state index in [2.05, 4.69) is 25.5 Å². The van der Waals surface area contributed by atoms with E-state index in [0.717, 1.165) is 43.4 Å². The van der Waals surface area contributed by atoms with Gasteiger partial charge in [-0.1, -0.05) is 6.42 Å². The molecule has 0 spiro atoms. The van der Waals surface area contributed by atoms with E-state index in [-0.39, 0.29) is 31.3 Å². The van der Waals surface area contributed by atoms with Gasteiger partial charge in [0.15, 0.2) is 5.69 Å². The molecule has 10 nitrogen and oxygen atoms in total. The molecule has 2 aromatic rings. The number of H-pyrrole nitrogens is 1. The lowest BCUT2D eigenvalue weighted by Crippen LogP contribution is -2.53. The summed E-state index contributed by atoms with van der Waals surface area (Å²) in [4.78, 5) is 34.8. The van der Waals surface area contributed by atoms with Gasteiger partial charge in [0.05, 0.1) is 32.5 Å². The quantitative estimate of drug-likeness (QED) is 0.604. The molecule has 10 heteroatoms. The summed E-state index contributed by atoms with van der Waals surface area (Å²) >= 11 is 0. The summed E-state index contributed by atoms with van der Waals surface area (Å²) in [6, 6.07) is 0. The lowest BCUT2D eigenvalue weighted by molar-refractivity contribution is -0.0324. The van der Waals surface area contributed by atoms with Crippen LogP contribution in [0.3, 0.4) is 0 Å². The van der Waals surface area contributed by atoms with Gasteiger partial charge in [0.2, 0.25) is 0 Å². The number of ether oxygens (including phenoxy) is 1. The molecule has 1 fully saturated rings. The Labute approximate surface area is 174 Å². The van der Waals surface area contributed by atoms with Crippen molar-refractivity contribution in [2.45, 2.75) is 37.7 Å². The van der Waals surface area contributed by atoms with Gasteiger partial charge in [0.25, 0.3) is 11.8 Å². The van der Waals surface area contributed by atoms with Gasteiger partial charge in [-0.25, -0.2) is 4.98 Å². The lowest BCUT2D eigenvalue weighted by Gasteiger charge is -2.30. The highest BCUT2D eigenvalue weighted by Gasteiger charge is 2.36. The fourth-order valence-electron chi connectivity index (χ4n) is 3.93. The zero-order valence-corrected chi connectivity index (χ0v) is 16.8. The molecule has 2 amide bonds. The van der Waals surface area contributed by atoms with E-state index in [0.29, 0.717) is 18.8 Å². The SMILES string of the molecule is O=C(NCC1(O)COCCN(C(=O)c2n[nH]c3c2CCCCC3)C1)c1cnccn1. The summed E-state index contributed by atoms with van der Waals surface area (Å²) < 4.78 is 5.53. The third-order valence-corrected chi connectivity index (χ3v) is 5.53. The predicted octanol–water partition coefficient (Wildman–Crippen LogP) is 0.102. The normalized spacial score (nSPS) is 22.0. The number of aromatic amines is 1. The van der Waals surface area contributed by atoms with Crippen molar-refractivity contribution in [3.63, 3.8) is 0 Å². The van der Waals surface area contributed by atoms with Gasteiger partial charge in [0, 0.05) is 30.2 Å². The van der Waals surface area contributed by atoms with Crippen LogP contribution < -0.4 is 5.32 Å². The van der Waals surface area contributed by atoms with Crippen molar-refractivity contribution in [3.05, 3.63) is 41.2 Å². The molecule has 3 heterocycles. The van der Waals surface area contributed by atoms with Crippen LogP contribution in [0.1, 0.15) is 51.5 Å². The lowest BCUT2D eigenvalue weighted by atomic mass is 10.0. The fourth-order valence-corrected chi connectivity index (χ4v) is 3.93. The minimum absolute atomic E-state index is 0.0101. The number of hydrogen-bond donors (Lipinski definition) is 3. The molecular weight excluding hydrogens is 388 g/mol. The number of fused-ring (bicyclic) bond motifs is 1. The number of aromatic nitrogens is 4. The van der Waals surface area contributed by atoms with Crippen molar-refractivity contribution in [1.82, 2.24) is 30.4 Å². The van der Waals surface area contributed by atoms with Crippen LogP contribution in [0, 0.1) is 0 Å². The van der Waals surface area contributed by atoms with Crippen molar-refractivity contribution in [3.8, 4) is 0 Å². The summed E-state index contributed by atoms with van der Waals surface area (Å²) in [6.07, 6.45) is 9.24. The Balaban J connectivity index is 1.45. The first-order valence-electron chi connectivity index (χ1n) is 10.3. The summed E-state index contributed by atoms with van der Waals surface area (Å²) in [6.45, 7) is 0.620. The molecule has 160 valence electrons. The summed E-state index contributed by atoms with van der Waals surface area (Å²) in [5.74, 6) is -0.671. The van der Waals surface area contributed by atoms with Gasteiger partial charge in [-0.3, -0.25) is 19.7 Å². The van der Waals surface area contributed by atoms with E-state index >= 15 is 0 Å². The average molecular weight is 414 g/mol. The first kappa shape index (κ1) is 20.4. The van der Waals surface area contributed by atoms with Crippen LogP contribution in [-0.4, -0.2) is 80.4 Å². The number of hydrogen-bond acceptors (Lipinski definition) is 7. The van der Waals surface area contributed by atoms with Gasteiger partial charge in [-0.15, -0.1) is 0 Å². The van der Waals surface area contributed by atoms with Gasteiger partial charge < -0.3 is 20.1 Å². The molecule has 1 unspecified atom stereocenters.